The van der Waals surface area contributed by atoms with E-state index in [4.69, 9.17) is 9.47 Å². The Morgan fingerprint density at radius 2 is 1.96 bits per heavy atom. The van der Waals surface area contributed by atoms with E-state index in [1.165, 1.54) is 0 Å². The van der Waals surface area contributed by atoms with Gasteiger partial charge in [-0.1, -0.05) is 6.07 Å². The highest BCUT2D eigenvalue weighted by atomic mass is 16.5. The second-order valence-electron chi connectivity index (χ2n) is 5.65. The Hall–Kier alpha value is -3.09. The van der Waals surface area contributed by atoms with Crippen molar-refractivity contribution in [1.82, 2.24) is 20.5 Å². The molecule has 2 N–H and O–H groups in total. The number of nitrogens with zero attached hydrogens (tertiary/aromatic N) is 2. The van der Waals surface area contributed by atoms with Crippen molar-refractivity contribution in [2.24, 2.45) is 0 Å². The molecule has 2 aromatic heterocycles. The van der Waals surface area contributed by atoms with Gasteiger partial charge in [-0.05, 0) is 44.0 Å². The van der Waals surface area contributed by atoms with E-state index in [2.05, 4.69) is 20.5 Å². The summed E-state index contributed by atoms with van der Waals surface area (Å²) in [5.41, 5.74) is 2.21. The fraction of sp³-hybridized carbons (Fsp3) is 0.316. The normalized spacial score (nSPS) is 10.7. The van der Waals surface area contributed by atoms with Crippen molar-refractivity contribution in [1.29, 1.82) is 0 Å². The van der Waals surface area contributed by atoms with E-state index in [9.17, 15) is 4.79 Å². The lowest BCUT2D eigenvalue weighted by atomic mass is 10.1. The molecule has 1 amide bonds. The molecule has 3 aromatic rings. The van der Waals surface area contributed by atoms with Gasteiger partial charge < -0.3 is 14.8 Å². The third kappa shape index (κ3) is 3.93. The van der Waals surface area contributed by atoms with Crippen LogP contribution in [0.4, 0.5) is 0 Å². The van der Waals surface area contributed by atoms with Crippen molar-refractivity contribution < 1.29 is 14.3 Å². The van der Waals surface area contributed by atoms with E-state index in [1.807, 2.05) is 32.0 Å². The summed E-state index contributed by atoms with van der Waals surface area (Å²) in [6.07, 6.45) is 3.97. The quantitative estimate of drug-likeness (QED) is 0.649. The Kier molecular flexibility index (Phi) is 5.68. The van der Waals surface area contributed by atoms with E-state index in [0.717, 1.165) is 22.6 Å². The number of carbonyl (C=O) groups is 1. The number of hydrogen-bond acceptors (Lipinski definition) is 5. The minimum atomic E-state index is -0.222. The molecule has 0 aliphatic rings. The molecule has 0 aliphatic heterocycles. The second-order valence-corrected chi connectivity index (χ2v) is 5.65. The van der Waals surface area contributed by atoms with E-state index < -0.39 is 0 Å². The summed E-state index contributed by atoms with van der Waals surface area (Å²) < 4.78 is 11.2. The van der Waals surface area contributed by atoms with Crippen LogP contribution in [0.1, 0.15) is 29.9 Å². The zero-order valence-electron chi connectivity index (χ0n) is 14.9. The molecule has 0 aliphatic carbocycles. The van der Waals surface area contributed by atoms with E-state index in [1.54, 1.807) is 18.5 Å². The highest BCUT2D eigenvalue weighted by Crippen LogP contribution is 2.28. The molecule has 0 radical (unpaired) electrons. The lowest BCUT2D eigenvalue weighted by Gasteiger charge is -2.12. The van der Waals surface area contributed by atoms with Crippen LogP contribution in [0.3, 0.4) is 0 Å². The average Bonchev–Trinajstić information content (AvgIpc) is 3.08. The summed E-state index contributed by atoms with van der Waals surface area (Å²) in [6, 6.07) is 7.62. The number of nitrogens with one attached hydrogen (secondary N) is 2. The molecule has 7 nitrogen and oxygen atoms in total. The molecule has 3 rings (SSSR count). The minimum absolute atomic E-state index is 0.222. The molecular weight excluding hydrogens is 332 g/mol. The Morgan fingerprint density at radius 3 is 2.77 bits per heavy atom. The molecule has 0 saturated carbocycles. The molecule has 2 heterocycles. The van der Waals surface area contributed by atoms with Crippen LogP contribution in [0.15, 0.2) is 36.7 Å². The maximum absolute atomic E-state index is 12.4. The highest BCUT2D eigenvalue weighted by Gasteiger charge is 2.13. The largest absolute Gasteiger partial charge is 0.490 e. The van der Waals surface area contributed by atoms with Gasteiger partial charge in [0.2, 0.25) is 0 Å². The number of hydrogen-bond donors (Lipinski definition) is 2. The van der Waals surface area contributed by atoms with Crippen LogP contribution in [0.5, 0.6) is 11.5 Å². The zero-order chi connectivity index (χ0) is 18.4. The van der Waals surface area contributed by atoms with Gasteiger partial charge >= 0.3 is 0 Å². The van der Waals surface area contributed by atoms with Crippen LogP contribution < -0.4 is 14.8 Å². The van der Waals surface area contributed by atoms with E-state index in [0.29, 0.717) is 37.3 Å². The predicted molar refractivity (Wildman–Crippen MR) is 98.7 cm³/mol. The maximum atomic E-state index is 12.4. The molecule has 7 heteroatoms. The number of aromatic amines is 1. The van der Waals surface area contributed by atoms with Gasteiger partial charge in [-0.25, -0.2) is 0 Å². The number of pyridine rings is 1. The summed E-state index contributed by atoms with van der Waals surface area (Å²) >= 11 is 0. The summed E-state index contributed by atoms with van der Waals surface area (Å²) in [5, 5.41) is 10.5. The Labute approximate surface area is 151 Å². The summed E-state index contributed by atoms with van der Waals surface area (Å²) in [6.45, 7) is 5.52. The maximum Gasteiger partial charge on any atom is 0.272 e. The number of amides is 1. The molecule has 0 fully saturated rings. The monoisotopic (exact) mass is 354 g/mol. The number of ether oxygens (including phenoxy) is 2. The van der Waals surface area contributed by atoms with Gasteiger partial charge in [-0.3, -0.25) is 14.9 Å². The molecule has 0 unspecified atom stereocenters. The lowest BCUT2D eigenvalue weighted by Crippen LogP contribution is -2.26. The van der Waals surface area contributed by atoms with Crippen LogP contribution in [0, 0.1) is 0 Å². The first-order valence-corrected chi connectivity index (χ1v) is 8.67. The van der Waals surface area contributed by atoms with Crippen LogP contribution in [0.2, 0.25) is 0 Å². The molecule has 136 valence electrons. The molecule has 1 aromatic carbocycles. The van der Waals surface area contributed by atoms with Crippen LogP contribution in [-0.4, -0.2) is 40.8 Å². The SMILES string of the molecule is CCOc1ccc(CCNC(=O)c2n[nH]c3ccncc23)cc1OCC. The standard InChI is InChI=1S/C19H22N4O3/c1-3-25-16-6-5-13(11-17(16)26-4-2)7-10-21-19(24)18-14-12-20-9-8-15(14)22-23-18/h5-6,8-9,11-12H,3-4,7,10H2,1-2H3,(H,21,24)(H,22,23). The molecule has 0 saturated heterocycles. The lowest BCUT2D eigenvalue weighted by molar-refractivity contribution is 0.0950. The zero-order valence-corrected chi connectivity index (χ0v) is 14.9. The molecule has 26 heavy (non-hydrogen) atoms. The third-order valence-electron chi connectivity index (χ3n) is 3.89. The van der Waals surface area contributed by atoms with Gasteiger partial charge in [0.15, 0.2) is 17.2 Å². The minimum Gasteiger partial charge on any atom is -0.490 e. The van der Waals surface area contributed by atoms with Gasteiger partial charge in [0.1, 0.15) is 0 Å². The molecule has 0 atom stereocenters. The third-order valence-corrected chi connectivity index (χ3v) is 3.89. The van der Waals surface area contributed by atoms with Gasteiger partial charge in [0, 0.05) is 18.9 Å². The van der Waals surface area contributed by atoms with E-state index in [-0.39, 0.29) is 5.91 Å². The van der Waals surface area contributed by atoms with Crippen molar-refractivity contribution in [3.8, 4) is 11.5 Å². The first-order chi connectivity index (χ1) is 12.7. The van der Waals surface area contributed by atoms with Gasteiger partial charge in [-0.2, -0.15) is 5.10 Å². The van der Waals surface area contributed by atoms with E-state index >= 15 is 0 Å². The fourth-order valence-corrected chi connectivity index (χ4v) is 2.69. The Bertz CT molecular complexity index is 891. The summed E-state index contributed by atoms with van der Waals surface area (Å²) in [5.74, 6) is 1.24. The number of aromatic nitrogens is 3. The van der Waals surface area contributed by atoms with Crippen molar-refractivity contribution >= 4 is 16.8 Å². The van der Waals surface area contributed by atoms with Gasteiger partial charge in [0.25, 0.3) is 5.91 Å². The highest BCUT2D eigenvalue weighted by molar-refractivity contribution is 6.04. The van der Waals surface area contributed by atoms with Crippen molar-refractivity contribution in [3.05, 3.63) is 47.9 Å². The first-order valence-electron chi connectivity index (χ1n) is 8.67. The van der Waals surface area contributed by atoms with Crippen molar-refractivity contribution in [2.75, 3.05) is 19.8 Å². The van der Waals surface area contributed by atoms with Gasteiger partial charge in [0.05, 0.1) is 24.1 Å². The Morgan fingerprint density at radius 1 is 1.15 bits per heavy atom. The summed E-state index contributed by atoms with van der Waals surface area (Å²) in [7, 11) is 0. The van der Waals surface area contributed by atoms with Gasteiger partial charge in [-0.15, -0.1) is 0 Å². The van der Waals surface area contributed by atoms with Crippen LogP contribution in [-0.2, 0) is 6.42 Å². The number of H-pyrrole nitrogens is 1. The summed E-state index contributed by atoms with van der Waals surface area (Å²) in [4.78, 5) is 16.4. The first kappa shape index (κ1) is 17.7. The second kappa shape index (κ2) is 8.33. The molecular formula is C19H22N4O3. The van der Waals surface area contributed by atoms with Crippen LogP contribution in [0.25, 0.3) is 10.9 Å². The fourth-order valence-electron chi connectivity index (χ4n) is 2.69. The average molecular weight is 354 g/mol. The number of rotatable bonds is 8. The predicted octanol–water partition coefficient (Wildman–Crippen LogP) is 2.73. The Balaban J connectivity index is 1.62. The van der Waals surface area contributed by atoms with Crippen molar-refractivity contribution in [2.45, 2.75) is 20.3 Å². The number of fused-ring (bicyclic) bond motifs is 1. The topological polar surface area (TPSA) is 89.1 Å². The number of carbonyl (C=O) groups excluding carboxylic acids is 1. The van der Waals surface area contributed by atoms with Crippen molar-refractivity contribution in [3.63, 3.8) is 0 Å². The molecule has 0 bridgehead atoms. The molecule has 0 spiro atoms. The number of benzene rings is 1. The smallest absolute Gasteiger partial charge is 0.272 e. The van der Waals surface area contributed by atoms with Crippen LogP contribution >= 0.6 is 0 Å².